The summed E-state index contributed by atoms with van der Waals surface area (Å²) < 4.78 is 10.2. The van der Waals surface area contributed by atoms with Gasteiger partial charge in [0.2, 0.25) is 0 Å². The van der Waals surface area contributed by atoms with Gasteiger partial charge in [-0.1, -0.05) is 6.07 Å². The Balaban J connectivity index is 2.43. The average molecular weight is 166 g/mol. The molecule has 0 fully saturated rings. The molecule has 1 heterocycles. The molecular formula is C9H10O3. The third-order valence-electron chi connectivity index (χ3n) is 1.70. The highest BCUT2D eigenvalue weighted by atomic mass is 16.8. The minimum atomic E-state index is -1.50. The van der Waals surface area contributed by atoms with E-state index in [0.29, 0.717) is 11.5 Å². The van der Waals surface area contributed by atoms with Gasteiger partial charge in [-0.15, -0.1) is 0 Å². The molecule has 1 unspecified atom stereocenters. The van der Waals surface area contributed by atoms with Crippen molar-refractivity contribution < 1.29 is 14.6 Å². The molecule has 64 valence electrons. The summed E-state index contributed by atoms with van der Waals surface area (Å²) in [5, 5.41) is 9.36. The topological polar surface area (TPSA) is 38.7 Å². The Hall–Kier alpha value is -1.22. The number of benzene rings is 1. The van der Waals surface area contributed by atoms with Crippen molar-refractivity contribution in [3.63, 3.8) is 0 Å². The van der Waals surface area contributed by atoms with Crippen LogP contribution in [0.3, 0.4) is 0 Å². The fourth-order valence-electron chi connectivity index (χ4n) is 1.21. The number of aryl methyl sites for hydroxylation is 1. The summed E-state index contributed by atoms with van der Waals surface area (Å²) in [6.45, 7) is 3.42. The molecule has 1 aliphatic rings. The summed E-state index contributed by atoms with van der Waals surface area (Å²) in [7, 11) is 0. The molecule has 0 aliphatic carbocycles. The lowest BCUT2D eigenvalue weighted by atomic mass is 10.2. The van der Waals surface area contributed by atoms with E-state index in [4.69, 9.17) is 9.47 Å². The smallest absolute Gasteiger partial charge is 0.366 e. The maximum absolute atomic E-state index is 9.36. The zero-order valence-electron chi connectivity index (χ0n) is 7.00. The van der Waals surface area contributed by atoms with Crippen molar-refractivity contribution in [2.75, 3.05) is 0 Å². The molecule has 0 amide bonds. The van der Waals surface area contributed by atoms with Gasteiger partial charge in [0.25, 0.3) is 0 Å². The van der Waals surface area contributed by atoms with E-state index in [1.165, 1.54) is 6.92 Å². The first-order valence-electron chi connectivity index (χ1n) is 3.78. The van der Waals surface area contributed by atoms with Crippen LogP contribution in [0.1, 0.15) is 12.5 Å². The van der Waals surface area contributed by atoms with Crippen LogP contribution in [0, 0.1) is 6.92 Å². The summed E-state index contributed by atoms with van der Waals surface area (Å²) in [5.74, 6) is -0.318. The number of fused-ring (bicyclic) bond motifs is 1. The second-order valence-corrected chi connectivity index (χ2v) is 3.05. The second kappa shape index (κ2) is 2.14. The fourth-order valence-corrected chi connectivity index (χ4v) is 1.21. The Morgan fingerprint density at radius 1 is 1.25 bits per heavy atom. The van der Waals surface area contributed by atoms with Crippen molar-refractivity contribution in [2.45, 2.75) is 19.8 Å². The molecular weight excluding hydrogens is 156 g/mol. The lowest BCUT2D eigenvalue weighted by molar-refractivity contribution is -0.234. The van der Waals surface area contributed by atoms with Crippen molar-refractivity contribution in [1.29, 1.82) is 0 Å². The summed E-state index contributed by atoms with van der Waals surface area (Å²) in [6, 6.07) is 5.52. The van der Waals surface area contributed by atoms with Crippen molar-refractivity contribution in [3.05, 3.63) is 23.8 Å². The SMILES string of the molecule is Cc1ccc2c(c1)OC(C)(O)O2. The van der Waals surface area contributed by atoms with E-state index < -0.39 is 5.97 Å². The number of aliphatic hydroxyl groups is 1. The first-order valence-corrected chi connectivity index (χ1v) is 3.78. The molecule has 1 aromatic carbocycles. The maximum atomic E-state index is 9.36. The Bertz CT molecular complexity index is 318. The molecule has 12 heavy (non-hydrogen) atoms. The minimum Gasteiger partial charge on any atom is -0.426 e. The zero-order valence-corrected chi connectivity index (χ0v) is 7.00. The van der Waals surface area contributed by atoms with Crippen LogP contribution < -0.4 is 9.47 Å². The van der Waals surface area contributed by atoms with Gasteiger partial charge >= 0.3 is 5.97 Å². The molecule has 0 saturated carbocycles. The van der Waals surface area contributed by atoms with Crippen LogP contribution in [-0.2, 0) is 0 Å². The number of hydrogen-bond donors (Lipinski definition) is 1. The Morgan fingerprint density at radius 3 is 2.67 bits per heavy atom. The van der Waals surface area contributed by atoms with Gasteiger partial charge in [0, 0.05) is 6.92 Å². The van der Waals surface area contributed by atoms with E-state index in [9.17, 15) is 5.11 Å². The van der Waals surface area contributed by atoms with Gasteiger partial charge in [0.1, 0.15) is 0 Å². The predicted octanol–water partition coefficient (Wildman–Crippen LogP) is 1.43. The van der Waals surface area contributed by atoms with Crippen molar-refractivity contribution in [1.82, 2.24) is 0 Å². The predicted molar refractivity (Wildman–Crippen MR) is 43.1 cm³/mol. The van der Waals surface area contributed by atoms with Crippen LogP contribution in [0.2, 0.25) is 0 Å². The van der Waals surface area contributed by atoms with Gasteiger partial charge in [-0.05, 0) is 24.6 Å². The molecule has 3 nitrogen and oxygen atoms in total. The first kappa shape index (κ1) is 7.43. The number of rotatable bonds is 0. The normalized spacial score (nSPS) is 25.9. The van der Waals surface area contributed by atoms with Crippen LogP contribution in [0.15, 0.2) is 18.2 Å². The quantitative estimate of drug-likeness (QED) is 0.633. The second-order valence-electron chi connectivity index (χ2n) is 3.05. The first-order chi connectivity index (χ1) is 5.57. The van der Waals surface area contributed by atoms with Crippen molar-refractivity contribution in [3.8, 4) is 11.5 Å². The third kappa shape index (κ3) is 1.12. The average Bonchev–Trinajstić information content (AvgIpc) is 2.21. The molecule has 0 spiro atoms. The van der Waals surface area contributed by atoms with Crippen LogP contribution in [0.25, 0.3) is 0 Å². The molecule has 1 N–H and O–H groups in total. The largest absolute Gasteiger partial charge is 0.426 e. The Morgan fingerprint density at radius 2 is 1.92 bits per heavy atom. The summed E-state index contributed by atoms with van der Waals surface area (Å²) in [6.07, 6.45) is 0. The lowest BCUT2D eigenvalue weighted by Gasteiger charge is -2.13. The fraction of sp³-hybridized carbons (Fsp3) is 0.333. The molecule has 2 rings (SSSR count). The van der Waals surface area contributed by atoms with E-state index >= 15 is 0 Å². The van der Waals surface area contributed by atoms with E-state index in [0.717, 1.165) is 5.56 Å². The Kier molecular flexibility index (Phi) is 1.32. The summed E-state index contributed by atoms with van der Waals surface area (Å²) >= 11 is 0. The minimum absolute atomic E-state index is 0.589. The number of ether oxygens (including phenoxy) is 2. The van der Waals surface area contributed by atoms with Gasteiger partial charge in [-0.3, -0.25) is 0 Å². The summed E-state index contributed by atoms with van der Waals surface area (Å²) in [5.41, 5.74) is 1.08. The van der Waals surface area contributed by atoms with Gasteiger partial charge < -0.3 is 14.6 Å². The highest BCUT2D eigenvalue weighted by Gasteiger charge is 2.34. The molecule has 1 atom stereocenters. The molecule has 0 bridgehead atoms. The molecule has 0 aromatic heterocycles. The highest BCUT2D eigenvalue weighted by molar-refractivity contribution is 5.44. The molecule has 0 radical (unpaired) electrons. The van der Waals surface area contributed by atoms with Crippen LogP contribution >= 0.6 is 0 Å². The lowest BCUT2D eigenvalue weighted by Crippen LogP contribution is -2.33. The summed E-state index contributed by atoms with van der Waals surface area (Å²) in [4.78, 5) is 0. The highest BCUT2D eigenvalue weighted by Crippen LogP contribution is 2.38. The van der Waals surface area contributed by atoms with E-state index in [2.05, 4.69) is 0 Å². The van der Waals surface area contributed by atoms with Crippen LogP contribution in [0.5, 0.6) is 11.5 Å². The molecule has 3 heteroatoms. The van der Waals surface area contributed by atoms with E-state index in [1.807, 2.05) is 19.1 Å². The van der Waals surface area contributed by atoms with Gasteiger partial charge in [-0.2, -0.15) is 0 Å². The molecule has 0 saturated heterocycles. The van der Waals surface area contributed by atoms with Crippen molar-refractivity contribution >= 4 is 0 Å². The third-order valence-corrected chi connectivity index (χ3v) is 1.70. The molecule has 1 aliphatic heterocycles. The van der Waals surface area contributed by atoms with Gasteiger partial charge in [0.15, 0.2) is 11.5 Å². The van der Waals surface area contributed by atoms with Crippen LogP contribution in [0.4, 0.5) is 0 Å². The van der Waals surface area contributed by atoms with Gasteiger partial charge in [0.05, 0.1) is 0 Å². The number of hydrogen-bond acceptors (Lipinski definition) is 3. The van der Waals surface area contributed by atoms with Crippen LogP contribution in [-0.4, -0.2) is 11.1 Å². The zero-order chi connectivity index (χ0) is 8.77. The van der Waals surface area contributed by atoms with E-state index in [-0.39, 0.29) is 0 Å². The monoisotopic (exact) mass is 166 g/mol. The van der Waals surface area contributed by atoms with Gasteiger partial charge in [-0.25, -0.2) is 0 Å². The van der Waals surface area contributed by atoms with Crippen molar-refractivity contribution in [2.24, 2.45) is 0 Å². The Labute approximate surface area is 70.5 Å². The van der Waals surface area contributed by atoms with E-state index in [1.54, 1.807) is 6.07 Å². The molecule has 1 aromatic rings. The standard InChI is InChI=1S/C9H10O3/c1-6-3-4-7-8(5-6)12-9(2,10)11-7/h3-5,10H,1-2H3. The maximum Gasteiger partial charge on any atom is 0.366 e.